The number of hydrogen-bond donors (Lipinski definition) is 0. The Morgan fingerprint density at radius 3 is 1.36 bits per heavy atom. The van der Waals surface area contributed by atoms with E-state index in [1.54, 1.807) is 0 Å². The Labute approximate surface area is 387 Å². The highest BCUT2D eigenvalue weighted by Gasteiger charge is 2.79. The first kappa shape index (κ1) is 53.6. The number of hydrogen-bond acceptors (Lipinski definition) is 0. The summed E-state index contributed by atoms with van der Waals surface area (Å²) in [7, 11) is 0. The van der Waals surface area contributed by atoms with E-state index < -0.39 is 0 Å². The van der Waals surface area contributed by atoms with Gasteiger partial charge in [-0.05, 0) is 167 Å². The Kier molecular flexibility index (Phi) is 13.9. The molecule has 0 aliphatic heterocycles. The lowest BCUT2D eigenvalue weighted by Gasteiger charge is -2.78. The van der Waals surface area contributed by atoms with Crippen molar-refractivity contribution in [2.24, 2.45) is 161 Å². The molecule has 61 heavy (non-hydrogen) atoms. The molecule has 4 rings (SSSR count). The van der Waals surface area contributed by atoms with E-state index in [0.29, 0.717) is 99.6 Å². The minimum absolute atomic E-state index is 0.127. The van der Waals surface area contributed by atoms with Crippen LogP contribution in [-0.2, 0) is 0 Å². The van der Waals surface area contributed by atoms with Crippen molar-refractivity contribution in [1.29, 1.82) is 0 Å². The molecular weight excluding hydrogens is 733 g/mol. The molecule has 0 heterocycles. The van der Waals surface area contributed by atoms with Gasteiger partial charge in [0.2, 0.25) is 0 Å². The van der Waals surface area contributed by atoms with Crippen molar-refractivity contribution in [3.05, 3.63) is 0 Å². The van der Waals surface area contributed by atoms with Gasteiger partial charge in [0.15, 0.2) is 0 Å². The molecule has 0 aromatic carbocycles. The fraction of sp³-hybridized carbons (Fsp3) is 1.00. The summed E-state index contributed by atoms with van der Waals surface area (Å²) >= 11 is 0. The van der Waals surface area contributed by atoms with Crippen molar-refractivity contribution in [3.8, 4) is 0 Å². The van der Waals surface area contributed by atoms with Gasteiger partial charge in [0.05, 0.1) is 0 Å². The molecule has 360 valence electrons. The van der Waals surface area contributed by atoms with E-state index in [9.17, 15) is 0 Å². The van der Waals surface area contributed by atoms with Gasteiger partial charge in [-0.15, -0.1) is 0 Å². The predicted molar refractivity (Wildman–Crippen MR) is 273 cm³/mol. The second kappa shape index (κ2) is 15.8. The molecular formula is C61H116. The highest BCUT2D eigenvalue weighted by Crippen LogP contribution is 2.84. The van der Waals surface area contributed by atoms with Crippen LogP contribution in [-0.4, -0.2) is 0 Å². The summed E-state index contributed by atoms with van der Waals surface area (Å²) in [6.45, 7) is 86.0. The third-order valence-corrected chi connectivity index (χ3v) is 25.4. The van der Waals surface area contributed by atoms with Crippen LogP contribution in [0.4, 0.5) is 0 Å². The van der Waals surface area contributed by atoms with Crippen molar-refractivity contribution < 1.29 is 0 Å². The van der Waals surface area contributed by atoms with Gasteiger partial charge in [0, 0.05) is 0 Å². The van der Waals surface area contributed by atoms with Gasteiger partial charge in [0.25, 0.3) is 0 Å². The lowest BCUT2D eigenvalue weighted by molar-refractivity contribution is -0.302. The smallest absolute Gasteiger partial charge is 0.0179 e. The van der Waals surface area contributed by atoms with Gasteiger partial charge >= 0.3 is 0 Å². The minimum atomic E-state index is 0.127. The average molecular weight is 850 g/mol. The van der Waals surface area contributed by atoms with E-state index in [2.05, 4.69) is 222 Å². The average Bonchev–Trinajstić information content (AvgIpc) is 3.46. The van der Waals surface area contributed by atoms with E-state index in [1.807, 2.05) is 0 Å². The van der Waals surface area contributed by atoms with E-state index in [4.69, 9.17) is 0 Å². The largest absolute Gasteiger partial charge is 0.0620 e. The maximum Gasteiger partial charge on any atom is -0.0179 e. The molecule has 4 fully saturated rings. The van der Waals surface area contributed by atoms with Gasteiger partial charge in [-0.1, -0.05) is 222 Å². The first-order valence-corrected chi connectivity index (χ1v) is 26.8. The van der Waals surface area contributed by atoms with Gasteiger partial charge in [-0.25, -0.2) is 0 Å². The molecule has 0 aromatic rings. The monoisotopic (exact) mass is 849 g/mol. The molecule has 19 unspecified atom stereocenters. The summed E-state index contributed by atoms with van der Waals surface area (Å²) in [4.78, 5) is 0. The number of fused-ring (bicyclic) bond motifs is 3. The molecule has 0 amide bonds. The molecule has 19 atom stereocenters. The van der Waals surface area contributed by atoms with E-state index in [-0.39, 0.29) is 43.3 Å². The zero-order chi connectivity index (χ0) is 48.1. The van der Waals surface area contributed by atoms with Crippen molar-refractivity contribution in [3.63, 3.8) is 0 Å². The molecule has 4 saturated carbocycles. The Morgan fingerprint density at radius 1 is 0.475 bits per heavy atom. The van der Waals surface area contributed by atoms with E-state index >= 15 is 0 Å². The normalized spacial score (nSPS) is 42.6. The lowest BCUT2D eigenvalue weighted by atomic mass is 9.27. The van der Waals surface area contributed by atoms with Gasteiger partial charge in [-0.3, -0.25) is 0 Å². The van der Waals surface area contributed by atoms with Crippen molar-refractivity contribution in [1.82, 2.24) is 0 Å². The van der Waals surface area contributed by atoms with Crippen LogP contribution in [0.2, 0.25) is 0 Å². The van der Waals surface area contributed by atoms with Crippen molar-refractivity contribution in [2.75, 3.05) is 0 Å². The van der Waals surface area contributed by atoms with Crippen LogP contribution >= 0.6 is 0 Å². The molecule has 0 heteroatoms. The zero-order valence-corrected chi connectivity index (χ0v) is 48.1. The molecule has 0 spiro atoms. The van der Waals surface area contributed by atoms with E-state index in [1.165, 1.54) is 6.42 Å². The number of rotatable bonds is 8. The van der Waals surface area contributed by atoms with Crippen LogP contribution in [0.3, 0.4) is 0 Å². The fourth-order valence-electron chi connectivity index (χ4n) is 20.0. The van der Waals surface area contributed by atoms with Crippen LogP contribution in [0.25, 0.3) is 0 Å². The highest BCUT2D eigenvalue weighted by molar-refractivity contribution is 5.26. The molecule has 0 radical (unpaired) electrons. The molecule has 4 aliphatic rings. The quantitative estimate of drug-likeness (QED) is 0.228. The van der Waals surface area contributed by atoms with Crippen molar-refractivity contribution in [2.45, 2.75) is 228 Å². The first-order valence-electron chi connectivity index (χ1n) is 26.8. The summed E-state index contributed by atoms with van der Waals surface area (Å²) in [6.07, 6.45) is 1.30. The molecule has 0 aromatic heterocycles. The zero-order valence-electron chi connectivity index (χ0n) is 48.1. The maximum absolute atomic E-state index is 2.89. The topological polar surface area (TPSA) is 0 Å². The molecule has 0 bridgehead atoms. The first-order chi connectivity index (χ1) is 26.8. The van der Waals surface area contributed by atoms with Crippen LogP contribution < -0.4 is 0 Å². The standard InChI is InChI=1S/C61H116/c1-34(36(3)42(9)52(11,12)13)35(2)39(6)47(53(14,15)16)41(8)44-37(4)38(5)45-46(40(44)7)49-50(48(45)54(17,18)19)57(24,25)60(30,31)61(32,58(49,26)27)51-43(10)55(20,21)33-56(22,23)59(51,28)29/h34-51H,33H2,1-32H3. The lowest BCUT2D eigenvalue weighted by Crippen LogP contribution is -2.72. The van der Waals surface area contributed by atoms with Gasteiger partial charge < -0.3 is 0 Å². The summed E-state index contributed by atoms with van der Waals surface area (Å²) in [6, 6.07) is 0. The van der Waals surface area contributed by atoms with Gasteiger partial charge in [0.1, 0.15) is 0 Å². The summed E-state index contributed by atoms with van der Waals surface area (Å²) in [5.41, 5.74) is 2.18. The molecule has 0 N–H and O–H groups in total. The molecule has 4 aliphatic carbocycles. The fourth-order valence-corrected chi connectivity index (χ4v) is 20.0. The summed E-state index contributed by atoms with van der Waals surface area (Å²) in [5.74, 6) is 12.5. The third-order valence-electron chi connectivity index (χ3n) is 25.4. The summed E-state index contributed by atoms with van der Waals surface area (Å²) < 4.78 is 0. The Hall–Kier alpha value is 0. The molecule has 0 nitrogen and oxygen atoms in total. The summed E-state index contributed by atoms with van der Waals surface area (Å²) in [5, 5.41) is 0. The Balaban J connectivity index is 1.98. The SMILES string of the molecule is CC(C(C)C(C)C(C(C)C1C(C)C(C)C2C(C1C)C1C(C2C(C)(C)C)C(C)(C)C(C)(C)C(C)(C2C(C)C(C)(C)CC(C)(C)C2(C)C)C1(C)C)C(C)(C)C)C(C)C(C)C(C)(C)C. The second-order valence-corrected chi connectivity index (χ2v) is 31.9. The van der Waals surface area contributed by atoms with Crippen LogP contribution in [0, 0.1) is 161 Å². The minimum Gasteiger partial charge on any atom is -0.0620 e. The Bertz CT molecular complexity index is 1520. The van der Waals surface area contributed by atoms with Crippen molar-refractivity contribution >= 4 is 0 Å². The second-order valence-electron chi connectivity index (χ2n) is 31.9. The van der Waals surface area contributed by atoms with E-state index in [0.717, 1.165) is 17.8 Å². The predicted octanol–water partition coefficient (Wildman–Crippen LogP) is 19.0. The van der Waals surface area contributed by atoms with Crippen LogP contribution in [0.1, 0.15) is 228 Å². The maximum atomic E-state index is 2.89. The van der Waals surface area contributed by atoms with Crippen LogP contribution in [0.5, 0.6) is 0 Å². The Morgan fingerprint density at radius 2 is 0.934 bits per heavy atom. The third kappa shape index (κ3) is 7.69. The molecule has 0 saturated heterocycles. The van der Waals surface area contributed by atoms with Gasteiger partial charge in [-0.2, -0.15) is 0 Å². The van der Waals surface area contributed by atoms with Crippen LogP contribution in [0.15, 0.2) is 0 Å². The highest BCUT2D eigenvalue weighted by atomic mass is 14.8.